The average molecular weight is 553 g/mol. The maximum Gasteiger partial charge on any atom is 0.255 e. The number of rotatable bonds is 9. The molecule has 3 unspecified atom stereocenters. The molecule has 0 radical (unpaired) electrons. The molecule has 3 atom stereocenters. The number of fused-ring (bicyclic) bond motifs is 1. The molecule has 3 aliphatic rings. The molecule has 3 aliphatic heterocycles. The average Bonchev–Trinajstić information content (AvgIpc) is 3.30. The Morgan fingerprint density at radius 1 is 0.902 bits per heavy atom. The Kier molecular flexibility index (Phi) is 8.11. The Morgan fingerprint density at radius 2 is 1.66 bits per heavy atom. The first kappa shape index (κ1) is 27.2. The summed E-state index contributed by atoms with van der Waals surface area (Å²) in [7, 11) is 0. The molecule has 3 amide bonds. The second-order valence-electron chi connectivity index (χ2n) is 11.2. The normalized spacial score (nSPS) is 22.9. The van der Waals surface area contributed by atoms with Crippen LogP contribution in [0.3, 0.4) is 0 Å². The van der Waals surface area contributed by atoms with E-state index in [1.165, 1.54) is 11.1 Å². The number of carbonyl (C=O) groups excluding carboxylic acids is 3. The van der Waals surface area contributed by atoms with Gasteiger partial charge in [0, 0.05) is 44.2 Å². The van der Waals surface area contributed by atoms with Crippen molar-refractivity contribution in [1.29, 1.82) is 0 Å². The molecule has 0 saturated carbocycles. The van der Waals surface area contributed by atoms with Gasteiger partial charge in [-0.05, 0) is 60.7 Å². The predicted molar refractivity (Wildman–Crippen MR) is 155 cm³/mol. The Morgan fingerprint density at radius 3 is 2.41 bits per heavy atom. The van der Waals surface area contributed by atoms with Crippen molar-refractivity contribution in [2.45, 2.75) is 57.0 Å². The fourth-order valence-corrected chi connectivity index (χ4v) is 6.16. The number of ether oxygens (including phenoxy) is 1. The zero-order chi connectivity index (χ0) is 28.2. The fraction of sp³-hybridized carbons (Fsp3) is 0.364. The molecular weight excluding hydrogens is 516 g/mol. The number of nitrogens with one attached hydrogen (secondary N) is 2. The monoisotopic (exact) mass is 552 g/mol. The van der Waals surface area contributed by atoms with Gasteiger partial charge in [0.1, 0.15) is 17.9 Å². The lowest BCUT2D eigenvalue weighted by molar-refractivity contribution is -0.136. The van der Waals surface area contributed by atoms with Crippen molar-refractivity contribution < 1.29 is 19.1 Å². The molecule has 0 spiro atoms. The highest BCUT2D eigenvalue weighted by Gasteiger charge is 2.39. The number of likely N-dealkylation sites (tertiary alicyclic amines) is 1. The van der Waals surface area contributed by atoms with E-state index in [9.17, 15) is 14.4 Å². The quantitative estimate of drug-likeness (QED) is 0.396. The number of carbonyl (C=O) groups is 3. The first-order chi connectivity index (χ1) is 20.0. The van der Waals surface area contributed by atoms with Crippen LogP contribution < -0.4 is 15.4 Å². The van der Waals surface area contributed by atoms with Crippen molar-refractivity contribution in [3.05, 3.63) is 101 Å². The van der Waals surface area contributed by atoms with Gasteiger partial charge < -0.3 is 15.0 Å². The zero-order valence-corrected chi connectivity index (χ0v) is 23.1. The van der Waals surface area contributed by atoms with E-state index in [0.717, 1.165) is 50.3 Å². The number of nitrogens with zero attached hydrogens (tertiary/aromatic N) is 2. The van der Waals surface area contributed by atoms with Gasteiger partial charge in [0.25, 0.3) is 5.91 Å². The second kappa shape index (κ2) is 12.2. The maximum atomic E-state index is 13.1. The minimum absolute atomic E-state index is 0.0652. The summed E-state index contributed by atoms with van der Waals surface area (Å²) in [5.74, 6) is -0.132. The molecule has 0 aromatic heterocycles. The van der Waals surface area contributed by atoms with Crippen molar-refractivity contribution in [2.75, 3.05) is 19.6 Å². The van der Waals surface area contributed by atoms with E-state index in [0.29, 0.717) is 18.5 Å². The molecule has 2 fully saturated rings. The summed E-state index contributed by atoms with van der Waals surface area (Å²) in [5, 5.41) is 6.12. The van der Waals surface area contributed by atoms with Gasteiger partial charge in [0.05, 0.1) is 0 Å². The molecule has 212 valence electrons. The standard InChI is InChI=1S/C33H36N4O4/c38-31-14-13-29(32(39)35-31)37-21-25-19-26(11-12-27(25)33(37)40)41-30-22-36(20-24-9-5-2-6-10-24)18-16-28(30)34-17-15-23-7-3-1-4-8-23/h1-12,19,28-30,34H,13-18,20-22H2,(H,35,38,39). The highest BCUT2D eigenvalue weighted by atomic mass is 16.5. The number of imide groups is 1. The molecule has 41 heavy (non-hydrogen) atoms. The third kappa shape index (κ3) is 6.34. The summed E-state index contributed by atoms with van der Waals surface area (Å²) in [6.45, 7) is 3.85. The number of piperidine rings is 2. The van der Waals surface area contributed by atoms with Crippen molar-refractivity contribution in [2.24, 2.45) is 0 Å². The molecule has 2 saturated heterocycles. The molecule has 0 aliphatic carbocycles. The molecule has 2 N–H and O–H groups in total. The van der Waals surface area contributed by atoms with Crippen molar-refractivity contribution in [1.82, 2.24) is 20.4 Å². The zero-order valence-electron chi connectivity index (χ0n) is 23.1. The Labute approximate surface area is 240 Å². The minimum atomic E-state index is -0.625. The predicted octanol–water partition coefficient (Wildman–Crippen LogP) is 3.30. The van der Waals surface area contributed by atoms with E-state index in [1.807, 2.05) is 24.3 Å². The summed E-state index contributed by atoms with van der Waals surface area (Å²) >= 11 is 0. The molecule has 3 aromatic rings. The summed E-state index contributed by atoms with van der Waals surface area (Å²) < 4.78 is 6.66. The van der Waals surface area contributed by atoms with Gasteiger partial charge in [-0.2, -0.15) is 0 Å². The van der Waals surface area contributed by atoms with Crippen LogP contribution >= 0.6 is 0 Å². The van der Waals surface area contributed by atoms with Crippen LogP contribution in [0.4, 0.5) is 0 Å². The lowest BCUT2D eigenvalue weighted by Gasteiger charge is -2.39. The number of hydrogen-bond acceptors (Lipinski definition) is 6. The van der Waals surface area contributed by atoms with E-state index < -0.39 is 11.9 Å². The van der Waals surface area contributed by atoms with Crippen LogP contribution in [-0.4, -0.2) is 65.3 Å². The summed E-state index contributed by atoms with van der Waals surface area (Å²) in [4.78, 5) is 41.2. The van der Waals surface area contributed by atoms with Gasteiger partial charge in [-0.15, -0.1) is 0 Å². The smallest absolute Gasteiger partial charge is 0.255 e. The highest BCUT2D eigenvalue weighted by Crippen LogP contribution is 2.31. The van der Waals surface area contributed by atoms with Crippen molar-refractivity contribution in [3.8, 4) is 5.75 Å². The molecule has 0 bridgehead atoms. The van der Waals surface area contributed by atoms with Gasteiger partial charge in [0.15, 0.2) is 0 Å². The van der Waals surface area contributed by atoms with E-state index in [1.54, 1.807) is 11.0 Å². The fourth-order valence-electron chi connectivity index (χ4n) is 6.16. The number of hydrogen-bond donors (Lipinski definition) is 2. The molecular formula is C33H36N4O4. The Hall–Kier alpha value is -4.01. The lowest BCUT2D eigenvalue weighted by atomic mass is 10.00. The van der Waals surface area contributed by atoms with Crippen LogP contribution in [-0.2, 0) is 29.1 Å². The highest BCUT2D eigenvalue weighted by molar-refractivity contribution is 6.05. The number of amides is 3. The van der Waals surface area contributed by atoms with E-state index >= 15 is 0 Å². The first-order valence-corrected chi connectivity index (χ1v) is 14.5. The van der Waals surface area contributed by atoms with Crippen molar-refractivity contribution in [3.63, 3.8) is 0 Å². The maximum absolute atomic E-state index is 13.1. The first-order valence-electron chi connectivity index (χ1n) is 14.5. The molecule has 3 aromatic carbocycles. The van der Waals surface area contributed by atoms with Crippen LogP contribution in [0, 0.1) is 0 Å². The van der Waals surface area contributed by atoms with Crippen LogP contribution in [0.2, 0.25) is 0 Å². The minimum Gasteiger partial charge on any atom is -0.487 e. The van der Waals surface area contributed by atoms with E-state index in [2.05, 4.69) is 64.1 Å². The lowest BCUT2D eigenvalue weighted by Crippen LogP contribution is -2.55. The van der Waals surface area contributed by atoms with Crippen LogP contribution in [0.5, 0.6) is 5.75 Å². The number of benzene rings is 3. The third-order valence-electron chi connectivity index (χ3n) is 8.34. The third-order valence-corrected chi connectivity index (χ3v) is 8.34. The van der Waals surface area contributed by atoms with Gasteiger partial charge in [-0.3, -0.25) is 24.6 Å². The molecule has 6 rings (SSSR count). The topological polar surface area (TPSA) is 91.0 Å². The Balaban J connectivity index is 1.15. The van der Waals surface area contributed by atoms with Crippen LogP contribution in [0.1, 0.15) is 46.3 Å². The van der Waals surface area contributed by atoms with Gasteiger partial charge in [-0.25, -0.2) is 0 Å². The van der Waals surface area contributed by atoms with Gasteiger partial charge in [0.2, 0.25) is 11.8 Å². The van der Waals surface area contributed by atoms with Gasteiger partial charge >= 0.3 is 0 Å². The Bertz CT molecular complexity index is 1400. The molecule has 8 nitrogen and oxygen atoms in total. The van der Waals surface area contributed by atoms with Crippen LogP contribution in [0.15, 0.2) is 78.9 Å². The molecule has 8 heteroatoms. The summed E-state index contributed by atoms with van der Waals surface area (Å²) in [5.41, 5.74) is 4.03. The van der Waals surface area contributed by atoms with Crippen LogP contribution in [0.25, 0.3) is 0 Å². The van der Waals surface area contributed by atoms with E-state index in [-0.39, 0.29) is 30.4 Å². The summed E-state index contributed by atoms with van der Waals surface area (Å²) in [6, 6.07) is 26.2. The second-order valence-corrected chi connectivity index (χ2v) is 11.2. The van der Waals surface area contributed by atoms with Crippen molar-refractivity contribution >= 4 is 17.7 Å². The van der Waals surface area contributed by atoms with Gasteiger partial charge in [-0.1, -0.05) is 60.7 Å². The molecule has 3 heterocycles. The van der Waals surface area contributed by atoms with E-state index in [4.69, 9.17) is 4.74 Å². The largest absolute Gasteiger partial charge is 0.487 e. The SMILES string of the molecule is O=C1CCC(N2Cc3cc(OC4CN(Cc5ccccc5)CCC4NCCc4ccccc4)ccc3C2=O)C(=O)N1. The summed E-state index contributed by atoms with van der Waals surface area (Å²) in [6.07, 6.45) is 2.45.